The van der Waals surface area contributed by atoms with Crippen molar-refractivity contribution in [1.29, 1.82) is 0 Å². The van der Waals surface area contributed by atoms with Gasteiger partial charge in [-0.1, -0.05) is 6.07 Å². The minimum absolute atomic E-state index is 0.0509. The van der Waals surface area contributed by atoms with Crippen molar-refractivity contribution in [3.05, 3.63) is 48.5 Å². The highest BCUT2D eigenvalue weighted by Crippen LogP contribution is 2.11. The van der Waals surface area contributed by atoms with Gasteiger partial charge in [0, 0.05) is 25.5 Å². The van der Waals surface area contributed by atoms with Crippen LogP contribution in [-0.4, -0.2) is 35.6 Å². The number of aryl methyl sites for hydroxylation is 1. The third-order valence-corrected chi connectivity index (χ3v) is 4.29. The molecule has 1 heterocycles. The average molecular weight is 309 g/mol. The van der Waals surface area contributed by atoms with Gasteiger partial charge in [0.25, 0.3) is 0 Å². The standard InChI is InChI=1S/C13H15N3O4S/c17-13(18)11-3-1-4-12(9-11)21(19,20)15-5-2-7-16-8-6-14-10-16/h1,3-4,6,8-10,15H,2,5,7H2,(H,17,18). The van der Waals surface area contributed by atoms with E-state index in [1.165, 1.54) is 18.2 Å². The molecule has 0 spiro atoms. The number of rotatable bonds is 7. The Balaban J connectivity index is 1.95. The first kappa shape index (κ1) is 15.2. The Morgan fingerprint density at radius 3 is 2.86 bits per heavy atom. The number of hydrogen-bond acceptors (Lipinski definition) is 4. The van der Waals surface area contributed by atoms with E-state index >= 15 is 0 Å². The van der Waals surface area contributed by atoms with Gasteiger partial charge in [-0.05, 0) is 24.6 Å². The summed E-state index contributed by atoms with van der Waals surface area (Å²) < 4.78 is 28.4. The van der Waals surface area contributed by atoms with Gasteiger partial charge >= 0.3 is 5.97 Å². The number of sulfonamides is 1. The molecular weight excluding hydrogens is 294 g/mol. The summed E-state index contributed by atoms with van der Waals surface area (Å²) in [4.78, 5) is 14.7. The summed E-state index contributed by atoms with van der Waals surface area (Å²) in [6.45, 7) is 0.912. The van der Waals surface area contributed by atoms with Crippen molar-refractivity contribution in [1.82, 2.24) is 14.3 Å². The van der Waals surface area contributed by atoms with Crippen LogP contribution in [0.3, 0.4) is 0 Å². The molecule has 0 unspecified atom stereocenters. The molecule has 0 atom stereocenters. The average Bonchev–Trinajstić information content (AvgIpc) is 2.97. The molecule has 0 aliphatic carbocycles. The van der Waals surface area contributed by atoms with Gasteiger partial charge in [0.1, 0.15) is 0 Å². The number of benzene rings is 1. The van der Waals surface area contributed by atoms with Gasteiger partial charge in [0.15, 0.2) is 0 Å². The lowest BCUT2D eigenvalue weighted by molar-refractivity contribution is 0.0696. The van der Waals surface area contributed by atoms with Crippen LogP contribution in [0.2, 0.25) is 0 Å². The van der Waals surface area contributed by atoms with Crippen molar-refractivity contribution in [3.63, 3.8) is 0 Å². The highest BCUT2D eigenvalue weighted by molar-refractivity contribution is 7.89. The highest BCUT2D eigenvalue weighted by atomic mass is 32.2. The Labute approximate surface area is 122 Å². The molecule has 0 fully saturated rings. The van der Waals surface area contributed by atoms with E-state index in [-0.39, 0.29) is 17.0 Å². The maximum atomic E-state index is 12.0. The molecule has 2 N–H and O–H groups in total. The molecule has 0 radical (unpaired) electrons. The molecule has 0 bridgehead atoms. The molecule has 1 aromatic carbocycles. The van der Waals surface area contributed by atoms with Crippen LogP contribution in [0.5, 0.6) is 0 Å². The zero-order valence-corrected chi connectivity index (χ0v) is 12.0. The minimum atomic E-state index is -3.70. The summed E-state index contributed by atoms with van der Waals surface area (Å²) in [5, 5.41) is 8.87. The first-order chi connectivity index (χ1) is 9.99. The second-order valence-corrected chi connectivity index (χ2v) is 6.15. The number of carboxylic acid groups (broad SMARTS) is 1. The SMILES string of the molecule is O=C(O)c1cccc(S(=O)(=O)NCCCn2ccnc2)c1. The molecule has 8 heteroatoms. The maximum absolute atomic E-state index is 12.0. The van der Waals surface area contributed by atoms with Crippen molar-refractivity contribution in [2.75, 3.05) is 6.54 Å². The summed E-state index contributed by atoms with van der Waals surface area (Å²) in [5.74, 6) is -1.16. The molecule has 0 aliphatic heterocycles. The normalized spacial score (nSPS) is 11.4. The molecule has 7 nitrogen and oxygen atoms in total. The molecular formula is C13H15N3O4S. The number of hydrogen-bond donors (Lipinski definition) is 2. The van der Waals surface area contributed by atoms with Gasteiger partial charge in [-0.3, -0.25) is 0 Å². The zero-order chi connectivity index (χ0) is 15.3. The molecule has 0 aliphatic rings. The fourth-order valence-corrected chi connectivity index (χ4v) is 2.89. The Bertz CT molecular complexity index is 711. The topological polar surface area (TPSA) is 101 Å². The van der Waals surface area contributed by atoms with Gasteiger partial charge in [-0.2, -0.15) is 0 Å². The van der Waals surface area contributed by atoms with Gasteiger partial charge in [-0.25, -0.2) is 22.9 Å². The first-order valence-electron chi connectivity index (χ1n) is 6.28. The van der Waals surface area contributed by atoms with Gasteiger partial charge in [0.2, 0.25) is 10.0 Å². The van der Waals surface area contributed by atoms with E-state index in [1.807, 2.05) is 4.57 Å². The van der Waals surface area contributed by atoms with E-state index in [4.69, 9.17) is 5.11 Å². The van der Waals surface area contributed by atoms with E-state index in [1.54, 1.807) is 18.7 Å². The number of carbonyl (C=O) groups is 1. The summed E-state index contributed by atoms with van der Waals surface area (Å²) in [7, 11) is -3.70. The molecule has 2 aromatic rings. The van der Waals surface area contributed by atoms with E-state index < -0.39 is 16.0 Å². The van der Waals surface area contributed by atoms with Crippen LogP contribution in [0.25, 0.3) is 0 Å². The van der Waals surface area contributed by atoms with Crippen LogP contribution in [0.1, 0.15) is 16.8 Å². The van der Waals surface area contributed by atoms with E-state index in [9.17, 15) is 13.2 Å². The Morgan fingerprint density at radius 2 is 2.19 bits per heavy atom. The van der Waals surface area contributed by atoms with Crippen molar-refractivity contribution in [2.45, 2.75) is 17.9 Å². The predicted molar refractivity (Wildman–Crippen MR) is 75.4 cm³/mol. The van der Waals surface area contributed by atoms with Crippen LogP contribution >= 0.6 is 0 Å². The summed E-state index contributed by atoms with van der Waals surface area (Å²) in [6, 6.07) is 5.26. The first-order valence-corrected chi connectivity index (χ1v) is 7.76. The molecule has 21 heavy (non-hydrogen) atoms. The van der Waals surface area contributed by atoms with Crippen molar-refractivity contribution < 1.29 is 18.3 Å². The Hall–Kier alpha value is -2.19. The number of imidazole rings is 1. The lowest BCUT2D eigenvalue weighted by atomic mass is 10.2. The summed E-state index contributed by atoms with van der Waals surface area (Å²) in [5.41, 5.74) is -0.0590. The Morgan fingerprint density at radius 1 is 1.38 bits per heavy atom. The highest BCUT2D eigenvalue weighted by Gasteiger charge is 2.15. The van der Waals surface area contributed by atoms with Gasteiger partial charge in [-0.15, -0.1) is 0 Å². The monoisotopic (exact) mass is 309 g/mol. The van der Waals surface area contributed by atoms with Crippen LogP contribution in [0.15, 0.2) is 47.9 Å². The number of nitrogens with one attached hydrogen (secondary N) is 1. The van der Waals surface area contributed by atoms with Gasteiger partial charge < -0.3 is 9.67 Å². The zero-order valence-electron chi connectivity index (χ0n) is 11.1. The largest absolute Gasteiger partial charge is 0.478 e. The van der Waals surface area contributed by atoms with Crippen molar-refractivity contribution in [3.8, 4) is 0 Å². The van der Waals surface area contributed by atoms with Crippen molar-refractivity contribution >= 4 is 16.0 Å². The second kappa shape index (κ2) is 6.51. The quantitative estimate of drug-likeness (QED) is 0.742. The smallest absolute Gasteiger partial charge is 0.335 e. The van der Waals surface area contributed by atoms with E-state index in [0.717, 1.165) is 6.07 Å². The number of nitrogens with zero attached hydrogens (tertiary/aromatic N) is 2. The summed E-state index contributed by atoms with van der Waals surface area (Å²) in [6.07, 6.45) is 5.71. The van der Waals surface area contributed by atoms with Crippen LogP contribution in [-0.2, 0) is 16.6 Å². The van der Waals surface area contributed by atoms with E-state index in [0.29, 0.717) is 13.0 Å². The minimum Gasteiger partial charge on any atom is -0.478 e. The lowest BCUT2D eigenvalue weighted by Crippen LogP contribution is -2.25. The number of aromatic nitrogens is 2. The fraction of sp³-hybridized carbons (Fsp3) is 0.231. The van der Waals surface area contributed by atoms with Crippen molar-refractivity contribution in [2.24, 2.45) is 0 Å². The molecule has 0 saturated carbocycles. The molecule has 0 saturated heterocycles. The molecule has 1 aromatic heterocycles. The second-order valence-electron chi connectivity index (χ2n) is 4.38. The number of carboxylic acids is 1. The Kier molecular flexibility index (Phi) is 4.71. The van der Waals surface area contributed by atoms with Crippen LogP contribution in [0.4, 0.5) is 0 Å². The molecule has 0 amide bonds. The third kappa shape index (κ3) is 4.14. The predicted octanol–water partition coefficient (Wildman–Crippen LogP) is 0.950. The molecule has 2 rings (SSSR count). The summed E-state index contributed by atoms with van der Waals surface area (Å²) >= 11 is 0. The van der Waals surface area contributed by atoms with Crippen LogP contribution in [0, 0.1) is 0 Å². The van der Waals surface area contributed by atoms with Gasteiger partial charge in [0.05, 0.1) is 16.8 Å². The number of aromatic carboxylic acids is 1. The van der Waals surface area contributed by atoms with Crippen LogP contribution < -0.4 is 4.72 Å². The molecule has 112 valence electrons. The third-order valence-electron chi connectivity index (χ3n) is 2.84. The lowest BCUT2D eigenvalue weighted by Gasteiger charge is -2.07. The fourth-order valence-electron chi connectivity index (χ4n) is 1.77. The maximum Gasteiger partial charge on any atom is 0.335 e. The van der Waals surface area contributed by atoms with E-state index in [2.05, 4.69) is 9.71 Å².